The summed E-state index contributed by atoms with van der Waals surface area (Å²) in [5, 5.41) is 17.6. The van der Waals surface area contributed by atoms with Crippen LogP contribution in [-0.4, -0.2) is 40.0 Å². The van der Waals surface area contributed by atoms with E-state index >= 15 is 0 Å². The molecule has 2 heterocycles. The van der Waals surface area contributed by atoms with Crippen LogP contribution in [0.4, 0.5) is 0 Å². The smallest absolute Gasteiger partial charge is 0.154 e. The van der Waals surface area contributed by atoms with E-state index < -0.39 is 9.84 Å². The topological polar surface area (TPSA) is 85.1 Å². The first-order chi connectivity index (χ1) is 8.57. The molecule has 1 fully saturated rings. The average molecular weight is 267 g/mol. The predicted molar refractivity (Wildman–Crippen MR) is 66.1 cm³/mol. The molecule has 0 atom stereocenters. The van der Waals surface area contributed by atoms with Crippen LogP contribution >= 0.6 is 0 Å². The van der Waals surface area contributed by atoms with Crippen LogP contribution in [-0.2, 0) is 9.84 Å². The molecule has 1 aromatic heterocycles. The predicted octanol–water partition coefficient (Wildman–Crippen LogP) is 0.887. The number of hydrogen-bond donors (Lipinski definition) is 1. The number of fused-ring (bicyclic) bond motifs is 1. The number of benzene rings is 1. The molecule has 0 bridgehead atoms. The zero-order valence-electron chi connectivity index (χ0n) is 9.65. The molecule has 7 heteroatoms. The second kappa shape index (κ2) is 3.94. The summed E-state index contributed by atoms with van der Waals surface area (Å²) in [5.41, 5.74) is 1.21. The fourth-order valence-electron chi connectivity index (χ4n) is 2.34. The van der Waals surface area contributed by atoms with E-state index in [0.29, 0.717) is 18.4 Å². The highest BCUT2D eigenvalue weighted by molar-refractivity contribution is 7.91. The SMILES string of the molecule is O=S1(=O)CCC(n2nnc3c(O)cccc32)CC1. The number of nitrogens with zero attached hydrogens (tertiary/aromatic N) is 3. The number of aromatic hydroxyl groups is 1. The normalized spacial score (nSPS) is 20.2. The van der Waals surface area contributed by atoms with E-state index in [1.54, 1.807) is 16.8 Å². The molecular weight excluding hydrogens is 254 g/mol. The van der Waals surface area contributed by atoms with Gasteiger partial charge in [-0.1, -0.05) is 11.3 Å². The molecule has 0 spiro atoms. The van der Waals surface area contributed by atoms with Crippen LogP contribution in [0, 0.1) is 0 Å². The molecule has 0 saturated carbocycles. The zero-order valence-corrected chi connectivity index (χ0v) is 10.5. The highest BCUT2D eigenvalue weighted by atomic mass is 32.2. The molecule has 3 rings (SSSR count). The van der Waals surface area contributed by atoms with E-state index in [0.717, 1.165) is 5.52 Å². The van der Waals surface area contributed by atoms with Gasteiger partial charge in [0.25, 0.3) is 0 Å². The minimum Gasteiger partial charge on any atom is -0.506 e. The van der Waals surface area contributed by atoms with Crippen molar-refractivity contribution in [3.05, 3.63) is 18.2 Å². The monoisotopic (exact) mass is 267 g/mol. The Kier molecular flexibility index (Phi) is 2.51. The summed E-state index contributed by atoms with van der Waals surface area (Å²) in [6.45, 7) is 0. The van der Waals surface area contributed by atoms with Gasteiger partial charge in [0.05, 0.1) is 23.1 Å². The summed E-state index contributed by atoms with van der Waals surface area (Å²) in [5.74, 6) is 0.484. The largest absolute Gasteiger partial charge is 0.506 e. The molecule has 1 aliphatic rings. The van der Waals surface area contributed by atoms with Crippen LogP contribution < -0.4 is 0 Å². The third-order valence-corrected chi connectivity index (χ3v) is 5.07. The molecule has 0 unspecified atom stereocenters. The molecule has 1 aromatic carbocycles. The Morgan fingerprint density at radius 3 is 2.72 bits per heavy atom. The zero-order chi connectivity index (χ0) is 12.8. The van der Waals surface area contributed by atoms with Crippen LogP contribution in [0.25, 0.3) is 11.0 Å². The van der Waals surface area contributed by atoms with Gasteiger partial charge >= 0.3 is 0 Å². The van der Waals surface area contributed by atoms with Crippen molar-refractivity contribution in [3.8, 4) is 5.75 Å². The second-order valence-electron chi connectivity index (χ2n) is 4.56. The quantitative estimate of drug-likeness (QED) is 0.829. The summed E-state index contributed by atoms with van der Waals surface area (Å²) in [4.78, 5) is 0. The second-order valence-corrected chi connectivity index (χ2v) is 6.87. The maximum atomic E-state index is 11.4. The van der Waals surface area contributed by atoms with Gasteiger partial charge in [-0.25, -0.2) is 13.1 Å². The number of aromatic nitrogens is 3. The Hall–Kier alpha value is -1.63. The molecular formula is C11H13N3O3S. The maximum absolute atomic E-state index is 11.4. The molecule has 18 heavy (non-hydrogen) atoms. The number of sulfone groups is 1. The lowest BCUT2D eigenvalue weighted by molar-refractivity contribution is 0.415. The first-order valence-corrected chi connectivity index (χ1v) is 7.62. The lowest BCUT2D eigenvalue weighted by atomic mass is 10.1. The third kappa shape index (κ3) is 1.84. The van der Waals surface area contributed by atoms with E-state index in [-0.39, 0.29) is 23.3 Å². The number of phenols is 1. The summed E-state index contributed by atoms with van der Waals surface area (Å²) in [6.07, 6.45) is 1.10. The number of phenolic OH excluding ortho intramolecular Hbond substituents is 1. The number of hydrogen-bond acceptors (Lipinski definition) is 5. The van der Waals surface area contributed by atoms with Crippen molar-refractivity contribution >= 4 is 20.9 Å². The Bertz CT molecular complexity index is 679. The van der Waals surface area contributed by atoms with Crippen LogP contribution in [0.3, 0.4) is 0 Å². The average Bonchev–Trinajstić information content (AvgIpc) is 2.74. The van der Waals surface area contributed by atoms with E-state index in [2.05, 4.69) is 10.3 Å². The molecule has 2 aromatic rings. The summed E-state index contributed by atoms with van der Waals surface area (Å²) in [7, 11) is -2.88. The van der Waals surface area contributed by atoms with Crippen molar-refractivity contribution in [3.63, 3.8) is 0 Å². The maximum Gasteiger partial charge on any atom is 0.154 e. The van der Waals surface area contributed by atoms with Gasteiger partial charge < -0.3 is 5.11 Å². The lowest BCUT2D eigenvalue weighted by Crippen LogP contribution is -2.26. The highest BCUT2D eigenvalue weighted by Crippen LogP contribution is 2.28. The first kappa shape index (κ1) is 11.5. The molecule has 96 valence electrons. The van der Waals surface area contributed by atoms with Gasteiger partial charge in [-0.2, -0.15) is 0 Å². The van der Waals surface area contributed by atoms with E-state index in [4.69, 9.17) is 0 Å². The van der Waals surface area contributed by atoms with Gasteiger partial charge in [0.2, 0.25) is 0 Å². The molecule has 6 nitrogen and oxygen atoms in total. The Balaban J connectivity index is 1.99. The van der Waals surface area contributed by atoms with Gasteiger partial charge in [-0.15, -0.1) is 5.10 Å². The highest BCUT2D eigenvalue weighted by Gasteiger charge is 2.26. The Labute approximate surface area is 104 Å². The van der Waals surface area contributed by atoms with Crippen molar-refractivity contribution in [2.24, 2.45) is 0 Å². The van der Waals surface area contributed by atoms with Crippen LogP contribution in [0.5, 0.6) is 5.75 Å². The Morgan fingerprint density at radius 2 is 2.00 bits per heavy atom. The van der Waals surface area contributed by atoms with Gasteiger partial charge in [0.1, 0.15) is 15.6 Å². The fraction of sp³-hybridized carbons (Fsp3) is 0.455. The summed E-state index contributed by atoms with van der Waals surface area (Å²) < 4.78 is 24.5. The van der Waals surface area contributed by atoms with Gasteiger partial charge in [0, 0.05) is 0 Å². The van der Waals surface area contributed by atoms with E-state index in [1.165, 1.54) is 0 Å². The molecule has 1 aliphatic heterocycles. The first-order valence-electron chi connectivity index (χ1n) is 5.80. The van der Waals surface area contributed by atoms with Gasteiger partial charge in [0.15, 0.2) is 5.52 Å². The van der Waals surface area contributed by atoms with Crippen molar-refractivity contribution in [1.82, 2.24) is 15.0 Å². The van der Waals surface area contributed by atoms with Crippen molar-refractivity contribution < 1.29 is 13.5 Å². The van der Waals surface area contributed by atoms with Crippen molar-refractivity contribution in [1.29, 1.82) is 0 Å². The van der Waals surface area contributed by atoms with Crippen LogP contribution in [0.15, 0.2) is 18.2 Å². The molecule has 0 amide bonds. The van der Waals surface area contributed by atoms with Crippen LogP contribution in [0.2, 0.25) is 0 Å². The van der Waals surface area contributed by atoms with E-state index in [1.807, 2.05) is 6.07 Å². The van der Waals surface area contributed by atoms with Crippen molar-refractivity contribution in [2.45, 2.75) is 18.9 Å². The van der Waals surface area contributed by atoms with Crippen LogP contribution in [0.1, 0.15) is 18.9 Å². The number of rotatable bonds is 1. The summed E-state index contributed by atoms with van der Waals surface area (Å²) in [6, 6.07) is 5.17. The van der Waals surface area contributed by atoms with Gasteiger partial charge in [-0.05, 0) is 25.0 Å². The minimum absolute atomic E-state index is 0.0420. The molecule has 1 N–H and O–H groups in total. The van der Waals surface area contributed by atoms with Crippen molar-refractivity contribution in [2.75, 3.05) is 11.5 Å². The molecule has 1 saturated heterocycles. The van der Waals surface area contributed by atoms with E-state index in [9.17, 15) is 13.5 Å². The van der Waals surface area contributed by atoms with Gasteiger partial charge in [-0.3, -0.25) is 0 Å². The molecule has 0 radical (unpaired) electrons. The Morgan fingerprint density at radius 1 is 1.28 bits per heavy atom. The lowest BCUT2D eigenvalue weighted by Gasteiger charge is -2.22. The summed E-state index contributed by atoms with van der Waals surface area (Å²) >= 11 is 0. The molecule has 0 aliphatic carbocycles. The fourth-order valence-corrected chi connectivity index (χ4v) is 3.81. The third-order valence-electron chi connectivity index (χ3n) is 3.35. The minimum atomic E-state index is -2.88. The standard InChI is InChI=1S/C11H13N3O3S/c15-10-3-1-2-9-11(10)12-13-14(9)8-4-6-18(16,17)7-5-8/h1-3,8,15H,4-7H2.